The van der Waals surface area contributed by atoms with E-state index in [0.29, 0.717) is 23.5 Å². The van der Waals surface area contributed by atoms with Crippen molar-refractivity contribution in [1.29, 1.82) is 0 Å². The van der Waals surface area contributed by atoms with Gasteiger partial charge in [0.25, 0.3) is 0 Å². The molecule has 2 aromatic rings. The predicted molar refractivity (Wildman–Crippen MR) is 132 cm³/mol. The Bertz CT molecular complexity index is 1160. The third kappa shape index (κ3) is 6.42. The van der Waals surface area contributed by atoms with Crippen LogP contribution in [0.3, 0.4) is 0 Å². The van der Waals surface area contributed by atoms with Gasteiger partial charge < -0.3 is 14.8 Å². The topological polar surface area (TPSA) is 80.2 Å². The molecule has 0 spiro atoms. The van der Waals surface area contributed by atoms with E-state index in [2.05, 4.69) is 0 Å². The van der Waals surface area contributed by atoms with E-state index in [-0.39, 0.29) is 30.2 Å². The lowest BCUT2D eigenvalue weighted by Crippen LogP contribution is -2.36. The number of methoxy groups -OCH3 is 1. The molecule has 2 aliphatic rings. The second-order valence-electron chi connectivity index (χ2n) is 9.28. The standard InChI is InChI=1S/C27H30F3N3O4/c1-3-18-15-24(34)33(16-17-8-11-20(12-9-17)31-26(35)27(28,29)30)32-25(18)19-10-13-22(36-2)23(14-19)37-21-6-4-5-7-21/h8-14,18,21H,3-7,15-16H2,1-2H3,(H,31,35). The molecule has 0 bridgehead atoms. The van der Waals surface area contributed by atoms with Crippen LogP contribution in [0.25, 0.3) is 0 Å². The van der Waals surface area contributed by atoms with E-state index in [9.17, 15) is 22.8 Å². The smallest absolute Gasteiger partial charge is 0.471 e. The average molecular weight is 518 g/mol. The maximum Gasteiger partial charge on any atom is 0.471 e. The number of rotatable bonds is 8. The largest absolute Gasteiger partial charge is 0.493 e. The van der Waals surface area contributed by atoms with Crippen molar-refractivity contribution in [1.82, 2.24) is 5.01 Å². The van der Waals surface area contributed by atoms with Gasteiger partial charge in [-0.25, -0.2) is 5.01 Å². The van der Waals surface area contributed by atoms with Crippen LogP contribution < -0.4 is 14.8 Å². The monoisotopic (exact) mass is 517 g/mol. The second-order valence-corrected chi connectivity index (χ2v) is 9.28. The Morgan fingerprint density at radius 2 is 1.81 bits per heavy atom. The number of alkyl halides is 3. The summed E-state index contributed by atoms with van der Waals surface area (Å²) in [5.41, 5.74) is 2.30. The van der Waals surface area contributed by atoms with E-state index in [1.165, 1.54) is 17.1 Å². The Balaban J connectivity index is 1.55. The number of hydrogen-bond donors (Lipinski definition) is 1. The quantitative estimate of drug-likeness (QED) is 0.489. The number of hydrogen-bond acceptors (Lipinski definition) is 5. The van der Waals surface area contributed by atoms with Crippen molar-refractivity contribution in [3.8, 4) is 11.5 Å². The number of amides is 2. The summed E-state index contributed by atoms with van der Waals surface area (Å²) in [5.74, 6) is -0.936. The molecule has 37 heavy (non-hydrogen) atoms. The van der Waals surface area contributed by atoms with Crippen molar-refractivity contribution >= 4 is 23.2 Å². The van der Waals surface area contributed by atoms with E-state index in [0.717, 1.165) is 43.4 Å². The van der Waals surface area contributed by atoms with Gasteiger partial charge >= 0.3 is 12.1 Å². The van der Waals surface area contributed by atoms with Gasteiger partial charge in [-0.3, -0.25) is 9.59 Å². The number of nitrogens with one attached hydrogen (secondary N) is 1. The molecule has 1 atom stereocenters. The number of benzene rings is 2. The third-order valence-corrected chi connectivity index (χ3v) is 6.67. The molecule has 1 N–H and O–H groups in total. The molecule has 2 amide bonds. The van der Waals surface area contributed by atoms with Crippen LogP contribution in [0.15, 0.2) is 47.6 Å². The molecule has 4 rings (SSSR count). The van der Waals surface area contributed by atoms with Crippen molar-refractivity contribution in [3.05, 3.63) is 53.6 Å². The fraction of sp³-hybridized carbons (Fsp3) is 0.444. The van der Waals surface area contributed by atoms with E-state index in [4.69, 9.17) is 14.6 Å². The minimum absolute atomic E-state index is 0.0132. The fourth-order valence-electron chi connectivity index (χ4n) is 4.62. The second kappa shape index (κ2) is 11.2. The Morgan fingerprint density at radius 1 is 1.11 bits per heavy atom. The van der Waals surface area contributed by atoms with Gasteiger partial charge in [-0.2, -0.15) is 18.3 Å². The number of nitrogens with zero attached hydrogens (tertiary/aromatic N) is 2. The molecule has 1 aliphatic carbocycles. The summed E-state index contributed by atoms with van der Waals surface area (Å²) in [6.45, 7) is 2.16. The molecule has 198 valence electrons. The molecule has 1 unspecified atom stereocenters. The van der Waals surface area contributed by atoms with Crippen LogP contribution in [0.5, 0.6) is 11.5 Å². The molecule has 1 saturated carbocycles. The first kappa shape index (κ1) is 26.5. The van der Waals surface area contributed by atoms with E-state index < -0.39 is 12.1 Å². The molecular weight excluding hydrogens is 487 g/mol. The highest BCUT2D eigenvalue weighted by Crippen LogP contribution is 2.35. The Morgan fingerprint density at radius 3 is 2.43 bits per heavy atom. The van der Waals surface area contributed by atoms with Crippen LogP contribution >= 0.6 is 0 Å². The van der Waals surface area contributed by atoms with E-state index >= 15 is 0 Å². The number of halogens is 3. The molecule has 2 aromatic carbocycles. The number of ether oxygens (including phenoxy) is 2. The first-order valence-electron chi connectivity index (χ1n) is 12.4. The lowest BCUT2D eigenvalue weighted by Gasteiger charge is -2.29. The summed E-state index contributed by atoms with van der Waals surface area (Å²) in [4.78, 5) is 24.0. The van der Waals surface area contributed by atoms with Crippen LogP contribution in [-0.2, 0) is 16.1 Å². The average Bonchev–Trinajstić information content (AvgIpc) is 3.38. The van der Waals surface area contributed by atoms with Gasteiger partial charge in [0.15, 0.2) is 11.5 Å². The molecule has 1 fully saturated rings. The summed E-state index contributed by atoms with van der Waals surface area (Å²) in [7, 11) is 1.60. The zero-order valence-corrected chi connectivity index (χ0v) is 20.8. The summed E-state index contributed by atoms with van der Waals surface area (Å²) in [6, 6.07) is 11.5. The third-order valence-electron chi connectivity index (χ3n) is 6.67. The number of anilines is 1. The first-order valence-corrected chi connectivity index (χ1v) is 12.4. The molecule has 10 heteroatoms. The van der Waals surface area contributed by atoms with Crippen molar-refractivity contribution < 1.29 is 32.2 Å². The number of carbonyl (C=O) groups excluding carboxylic acids is 2. The lowest BCUT2D eigenvalue weighted by atomic mass is 9.89. The van der Waals surface area contributed by atoms with E-state index in [1.54, 1.807) is 19.2 Å². The highest BCUT2D eigenvalue weighted by Gasteiger charge is 2.38. The maximum atomic E-state index is 12.9. The zero-order chi connectivity index (χ0) is 26.6. The zero-order valence-electron chi connectivity index (χ0n) is 20.8. The Kier molecular flexibility index (Phi) is 8.04. The molecule has 0 aromatic heterocycles. The first-order chi connectivity index (χ1) is 17.7. The predicted octanol–water partition coefficient (Wildman–Crippen LogP) is 5.68. The van der Waals surface area contributed by atoms with Gasteiger partial charge in [-0.1, -0.05) is 19.1 Å². The summed E-state index contributed by atoms with van der Waals surface area (Å²) >= 11 is 0. The molecular formula is C27H30F3N3O4. The minimum Gasteiger partial charge on any atom is -0.493 e. The Labute approximate surface area is 213 Å². The van der Waals surface area contributed by atoms with Crippen LogP contribution in [-0.4, -0.2) is 41.9 Å². The van der Waals surface area contributed by atoms with E-state index in [1.807, 2.05) is 30.4 Å². The van der Waals surface area contributed by atoms with Crippen LogP contribution in [0, 0.1) is 5.92 Å². The molecule has 0 saturated heterocycles. The van der Waals surface area contributed by atoms with Gasteiger partial charge in [0.1, 0.15) is 0 Å². The summed E-state index contributed by atoms with van der Waals surface area (Å²) in [6.07, 6.45) is 0.509. The molecule has 1 heterocycles. The van der Waals surface area contributed by atoms with Crippen molar-refractivity contribution in [2.45, 2.75) is 64.3 Å². The summed E-state index contributed by atoms with van der Waals surface area (Å²) < 4.78 is 49.2. The highest BCUT2D eigenvalue weighted by molar-refractivity contribution is 6.06. The lowest BCUT2D eigenvalue weighted by molar-refractivity contribution is -0.167. The van der Waals surface area contributed by atoms with Gasteiger partial charge in [0.2, 0.25) is 5.91 Å². The number of carbonyl (C=O) groups is 2. The Hall–Kier alpha value is -3.56. The van der Waals surface area contributed by atoms with Gasteiger partial charge in [-0.05, 0) is 68.0 Å². The van der Waals surface area contributed by atoms with Crippen molar-refractivity contribution in [2.75, 3.05) is 12.4 Å². The summed E-state index contributed by atoms with van der Waals surface area (Å²) in [5, 5.41) is 7.89. The van der Waals surface area contributed by atoms with Gasteiger partial charge in [-0.15, -0.1) is 0 Å². The molecule has 0 radical (unpaired) electrons. The fourth-order valence-corrected chi connectivity index (χ4v) is 4.62. The molecule has 1 aliphatic heterocycles. The van der Waals surface area contributed by atoms with Crippen LogP contribution in [0.1, 0.15) is 56.6 Å². The normalized spacial score (nSPS) is 18.5. The number of hydrazone groups is 1. The molecule has 7 nitrogen and oxygen atoms in total. The van der Waals surface area contributed by atoms with Crippen LogP contribution in [0.4, 0.5) is 18.9 Å². The van der Waals surface area contributed by atoms with Gasteiger partial charge in [0.05, 0.1) is 25.5 Å². The maximum absolute atomic E-state index is 12.9. The SMILES string of the molecule is CCC1CC(=O)N(Cc2ccc(NC(=O)C(F)(F)F)cc2)N=C1c1ccc(OC)c(OC2CCCC2)c1. The highest BCUT2D eigenvalue weighted by atomic mass is 19.4. The van der Waals surface area contributed by atoms with Crippen molar-refractivity contribution in [3.63, 3.8) is 0 Å². The van der Waals surface area contributed by atoms with Gasteiger partial charge in [0, 0.05) is 23.6 Å². The van der Waals surface area contributed by atoms with Crippen LogP contribution in [0.2, 0.25) is 0 Å². The van der Waals surface area contributed by atoms with Crippen molar-refractivity contribution in [2.24, 2.45) is 11.0 Å². The minimum atomic E-state index is -4.97.